The molecule has 1 atom stereocenters. The summed E-state index contributed by atoms with van der Waals surface area (Å²) in [6.07, 6.45) is -1.15. The number of morpholine rings is 1. The van der Waals surface area contributed by atoms with E-state index >= 15 is 0 Å². The summed E-state index contributed by atoms with van der Waals surface area (Å²) in [4.78, 5) is 23.0. The molecule has 0 spiro atoms. The number of aliphatic carboxylic acids is 1. The third-order valence-electron chi connectivity index (χ3n) is 1.95. The van der Waals surface area contributed by atoms with Gasteiger partial charge in [0.1, 0.15) is 0 Å². The van der Waals surface area contributed by atoms with Crippen LogP contribution in [0.2, 0.25) is 0 Å². The van der Waals surface area contributed by atoms with Crippen LogP contribution in [0.3, 0.4) is 0 Å². The van der Waals surface area contributed by atoms with E-state index < -0.39 is 12.3 Å². The molecule has 0 bridgehead atoms. The van der Waals surface area contributed by atoms with Crippen molar-refractivity contribution < 1.29 is 24.5 Å². The molecule has 0 radical (unpaired) electrons. The average Bonchev–Trinajstić information content (AvgIpc) is 2.14. The van der Waals surface area contributed by atoms with Crippen molar-refractivity contribution in [3.05, 3.63) is 0 Å². The number of ether oxygens (including phenoxy) is 1. The third-order valence-corrected chi connectivity index (χ3v) is 1.95. The lowest BCUT2D eigenvalue weighted by Gasteiger charge is -2.30. The van der Waals surface area contributed by atoms with Gasteiger partial charge in [0.25, 0.3) is 0 Å². The minimum Gasteiger partial charge on any atom is -0.481 e. The van der Waals surface area contributed by atoms with Gasteiger partial charge in [-0.25, -0.2) is 0 Å². The quantitative estimate of drug-likeness (QED) is 0.616. The van der Waals surface area contributed by atoms with E-state index in [1.54, 1.807) is 0 Å². The van der Waals surface area contributed by atoms with Crippen molar-refractivity contribution in [1.82, 2.24) is 4.90 Å². The Morgan fingerprint density at radius 1 is 1.43 bits per heavy atom. The summed E-state index contributed by atoms with van der Waals surface area (Å²) in [5.74, 6) is -1.25. The van der Waals surface area contributed by atoms with E-state index in [0.29, 0.717) is 13.2 Å². The summed E-state index contributed by atoms with van der Waals surface area (Å²) >= 11 is 0. The summed E-state index contributed by atoms with van der Waals surface area (Å²) in [6.45, 7) is 0.827. The fraction of sp³-hybridized carbons (Fsp3) is 0.750. The molecular formula is C8H13NO5. The molecule has 1 aliphatic rings. The molecule has 6 nitrogen and oxygen atoms in total. The van der Waals surface area contributed by atoms with Crippen molar-refractivity contribution in [3.63, 3.8) is 0 Å². The van der Waals surface area contributed by atoms with Crippen LogP contribution in [0.15, 0.2) is 0 Å². The maximum Gasteiger partial charge on any atom is 0.303 e. The Bertz CT molecular complexity index is 230. The molecule has 1 amide bonds. The van der Waals surface area contributed by atoms with Crippen molar-refractivity contribution in [1.29, 1.82) is 0 Å². The van der Waals surface area contributed by atoms with Gasteiger partial charge < -0.3 is 19.8 Å². The number of β-amino-alcohol motifs (C(OH)–C–C–N with tert-alkyl or cyclic N) is 1. The van der Waals surface area contributed by atoms with Gasteiger partial charge in [-0.1, -0.05) is 0 Å². The molecule has 80 valence electrons. The van der Waals surface area contributed by atoms with Crippen LogP contribution in [0.5, 0.6) is 0 Å². The number of aliphatic hydroxyl groups is 1. The highest BCUT2D eigenvalue weighted by atomic mass is 16.6. The third kappa shape index (κ3) is 3.31. The zero-order valence-electron chi connectivity index (χ0n) is 7.68. The zero-order valence-corrected chi connectivity index (χ0v) is 7.68. The Morgan fingerprint density at radius 2 is 2.14 bits per heavy atom. The number of aliphatic hydroxyl groups excluding tert-OH is 1. The molecule has 2 N–H and O–H groups in total. The summed E-state index contributed by atoms with van der Waals surface area (Å²) in [7, 11) is 0. The largest absolute Gasteiger partial charge is 0.481 e. The van der Waals surface area contributed by atoms with Gasteiger partial charge in [-0.15, -0.1) is 0 Å². The normalized spacial score (nSPS) is 22.1. The Morgan fingerprint density at radius 3 is 2.71 bits per heavy atom. The number of carbonyl (C=O) groups excluding carboxylic acids is 1. The summed E-state index contributed by atoms with van der Waals surface area (Å²) in [5.41, 5.74) is 0. The highest BCUT2D eigenvalue weighted by Crippen LogP contribution is 2.05. The van der Waals surface area contributed by atoms with Gasteiger partial charge in [-0.2, -0.15) is 0 Å². The molecule has 1 heterocycles. The molecule has 0 aromatic carbocycles. The van der Waals surface area contributed by atoms with Gasteiger partial charge >= 0.3 is 5.97 Å². The number of hydrogen-bond donors (Lipinski definition) is 2. The number of hydrogen-bond acceptors (Lipinski definition) is 4. The minimum absolute atomic E-state index is 0.0257. The maximum atomic E-state index is 11.3. The van der Waals surface area contributed by atoms with Crippen molar-refractivity contribution in [3.8, 4) is 0 Å². The summed E-state index contributed by atoms with van der Waals surface area (Å²) < 4.78 is 4.83. The highest BCUT2D eigenvalue weighted by molar-refractivity contribution is 5.80. The van der Waals surface area contributed by atoms with Gasteiger partial charge in [-0.3, -0.25) is 9.59 Å². The molecule has 1 aliphatic heterocycles. The predicted molar refractivity (Wildman–Crippen MR) is 45.4 cm³/mol. The number of carbonyl (C=O) groups is 2. The summed E-state index contributed by atoms with van der Waals surface area (Å²) in [5, 5.41) is 17.4. The van der Waals surface area contributed by atoms with E-state index in [2.05, 4.69) is 0 Å². The molecule has 6 heteroatoms. The lowest BCUT2D eigenvalue weighted by atomic mass is 10.2. The molecular weight excluding hydrogens is 190 g/mol. The monoisotopic (exact) mass is 203 g/mol. The first-order valence-corrected chi connectivity index (χ1v) is 4.39. The van der Waals surface area contributed by atoms with Gasteiger partial charge in [0.2, 0.25) is 5.91 Å². The molecule has 1 fully saturated rings. The predicted octanol–water partition coefficient (Wildman–Crippen LogP) is -0.972. The fourth-order valence-electron chi connectivity index (χ4n) is 1.23. The van der Waals surface area contributed by atoms with Crippen LogP contribution >= 0.6 is 0 Å². The van der Waals surface area contributed by atoms with E-state index in [9.17, 15) is 9.59 Å². The Labute approximate surface area is 81.1 Å². The molecule has 0 saturated carbocycles. The first-order valence-electron chi connectivity index (χ1n) is 4.39. The molecule has 0 aliphatic carbocycles. The SMILES string of the molecule is O=C(O)CCC(=O)N1CCO[C@@H](O)C1. The number of rotatable bonds is 3. The van der Waals surface area contributed by atoms with Gasteiger partial charge in [0, 0.05) is 13.0 Å². The highest BCUT2D eigenvalue weighted by Gasteiger charge is 2.22. The lowest BCUT2D eigenvalue weighted by molar-refractivity contribution is -0.164. The van der Waals surface area contributed by atoms with E-state index in [-0.39, 0.29) is 25.3 Å². The van der Waals surface area contributed by atoms with Crippen LogP contribution in [0, 0.1) is 0 Å². The first-order chi connectivity index (χ1) is 6.59. The second-order valence-corrected chi connectivity index (χ2v) is 3.06. The van der Waals surface area contributed by atoms with E-state index in [0.717, 1.165) is 0 Å². The number of nitrogens with zero attached hydrogens (tertiary/aromatic N) is 1. The summed E-state index contributed by atoms with van der Waals surface area (Å²) in [6, 6.07) is 0. The Kier molecular flexibility index (Phi) is 3.84. The van der Waals surface area contributed by atoms with Crippen molar-refractivity contribution in [2.45, 2.75) is 19.1 Å². The average molecular weight is 203 g/mol. The van der Waals surface area contributed by atoms with Crippen LogP contribution in [-0.4, -0.2) is 53.0 Å². The van der Waals surface area contributed by atoms with E-state index in [4.69, 9.17) is 14.9 Å². The maximum absolute atomic E-state index is 11.3. The molecule has 0 aromatic heterocycles. The topological polar surface area (TPSA) is 87.1 Å². The van der Waals surface area contributed by atoms with Crippen molar-refractivity contribution in [2.75, 3.05) is 19.7 Å². The van der Waals surface area contributed by atoms with Crippen LogP contribution in [0.25, 0.3) is 0 Å². The number of carboxylic acid groups (broad SMARTS) is 1. The van der Waals surface area contributed by atoms with Crippen LogP contribution < -0.4 is 0 Å². The number of carboxylic acids is 1. The lowest BCUT2D eigenvalue weighted by Crippen LogP contribution is -2.45. The van der Waals surface area contributed by atoms with E-state index in [1.165, 1.54) is 4.90 Å². The van der Waals surface area contributed by atoms with Crippen LogP contribution in [0.1, 0.15) is 12.8 Å². The fourth-order valence-corrected chi connectivity index (χ4v) is 1.23. The van der Waals surface area contributed by atoms with Crippen LogP contribution in [0.4, 0.5) is 0 Å². The van der Waals surface area contributed by atoms with Gasteiger partial charge in [-0.05, 0) is 0 Å². The molecule has 0 unspecified atom stereocenters. The molecule has 1 saturated heterocycles. The van der Waals surface area contributed by atoms with Crippen LogP contribution in [-0.2, 0) is 14.3 Å². The molecule has 0 aromatic rings. The first kappa shape index (κ1) is 10.9. The van der Waals surface area contributed by atoms with E-state index in [1.807, 2.05) is 0 Å². The van der Waals surface area contributed by atoms with Gasteiger partial charge in [0.15, 0.2) is 6.29 Å². The second-order valence-electron chi connectivity index (χ2n) is 3.06. The Balaban J connectivity index is 2.32. The second kappa shape index (κ2) is 4.92. The standard InChI is InChI=1S/C8H13NO5/c10-6(1-2-7(11)12)9-3-4-14-8(13)5-9/h8,13H,1-5H2,(H,11,12)/t8-/m1/s1. The smallest absolute Gasteiger partial charge is 0.303 e. The van der Waals surface area contributed by atoms with Gasteiger partial charge in [0.05, 0.1) is 19.6 Å². The van der Waals surface area contributed by atoms with Crippen molar-refractivity contribution >= 4 is 11.9 Å². The van der Waals surface area contributed by atoms with Crippen molar-refractivity contribution in [2.24, 2.45) is 0 Å². The Hall–Kier alpha value is -1.14. The number of amides is 1. The zero-order chi connectivity index (χ0) is 10.6. The molecule has 14 heavy (non-hydrogen) atoms. The minimum atomic E-state index is -0.993. The molecule has 1 rings (SSSR count).